The molecular formula is C16H24N2O. The Labute approximate surface area is 115 Å². The van der Waals surface area contributed by atoms with Gasteiger partial charge in [0, 0.05) is 11.7 Å². The van der Waals surface area contributed by atoms with Crippen LogP contribution in [0, 0.1) is 11.8 Å². The molecule has 3 unspecified atom stereocenters. The third-order valence-corrected chi connectivity index (χ3v) is 4.29. The van der Waals surface area contributed by atoms with Crippen molar-refractivity contribution in [3.8, 4) is 0 Å². The highest BCUT2D eigenvalue weighted by molar-refractivity contribution is 5.92. The van der Waals surface area contributed by atoms with Crippen molar-refractivity contribution in [2.24, 2.45) is 11.8 Å². The Balaban J connectivity index is 1.77. The zero-order valence-corrected chi connectivity index (χ0v) is 11.9. The van der Waals surface area contributed by atoms with Gasteiger partial charge in [-0.1, -0.05) is 44.9 Å². The second-order valence-corrected chi connectivity index (χ2v) is 5.67. The Morgan fingerprint density at radius 2 is 1.95 bits per heavy atom. The smallest absolute Gasteiger partial charge is 0.238 e. The van der Waals surface area contributed by atoms with Gasteiger partial charge >= 0.3 is 0 Å². The van der Waals surface area contributed by atoms with Crippen LogP contribution in [-0.4, -0.2) is 18.5 Å². The van der Waals surface area contributed by atoms with E-state index in [1.54, 1.807) is 0 Å². The molecule has 2 rings (SSSR count). The molecule has 1 saturated carbocycles. The summed E-state index contributed by atoms with van der Waals surface area (Å²) in [5, 5.41) is 6.32. The van der Waals surface area contributed by atoms with E-state index in [0.29, 0.717) is 18.5 Å². The lowest BCUT2D eigenvalue weighted by atomic mass is 9.78. The SMILES string of the molecule is CC1CCCC(NCC(=O)Nc2ccccc2)C1C. The van der Waals surface area contributed by atoms with Gasteiger partial charge in [0.25, 0.3) is 0 Å². The van der Waals surface area contributed by atoms with E-state index >= 15 is 0 Å². The first-order chi connectivity index (χ1) is 9.16. The maximum atomic E-state index is 11.9. The summed E-state index contributed by atoms with van der Waals surface area (Å²) in [5.74, 6) is 1.44. The molecule has 1 fully saturated rings. The minimum absolute atomic E-state index is 0.0385. The van der Waals surface area contributed by atoms with Crippen molar-refractivity contribution in [3.63, 3.8) is 0 Å². The highest BCUT2D eigenvalue weighted by Gasteiger charge is 2.26. The van der Waals surface area contributed by atoms with Gasteiger partial charge in [0.2, 0.25) is 5.91 Å². The fourth-order valence-corrected chi connectivity index (χ4v) is 2.82. The minimum atomic E-state index is 0.0385. The maximum absolute atomic E-state index is 11.9. The van der Waals surface area contributed by atoms with Crippen molar-refractivity contribution >= 4 is 11.6 Å². The fraction of sp³-hybridized carbons (Fsp3) is 0.562. The molecule has 1 aromatic carbocycles. The number of hydrogen-bond donors (Lipinski definition) is 2. The summed E-state index contributed by atoms with van der Waals surface area (Å²) in [5.41, 5.74) is 0.861. The van der Waals surface area contributed by atoms with Crippen molar-refractivity contribution in [3.05, 3.63) is 30.3 Å². The third kappa shape index (κ3) is 4.06. The van der Waals surface area contributed by atoms with Crippen molar-refractivity contribution in [2.45, 2.75) is 39.2 Å². The van der Waals surface area contributed by atoms with Crippen LogP contribution in [0.4, 0.5) is 5.69 Å². The van der Waals surface area contributed by atoms with Gasteiger partial charge in [-0.3, -0.25) is 4.79 Å². The molecule has 1 amide bonds. The number of para-hydroxylation sites is 1. The highest BCUT2D eigenvalue weighted by Crippen LogP contribution is 2.29. The van der Waals surface area contributed by atoms with Crippen LogP contribution in [0.25, 0.3) is 0 Å². The summed E-state index contributed by atoms with van der Waals surface area (Å²) in [4.78, 5) is 11.9. The number of carbonyl (C=O) groups excluding carboxylic acids is 1. The Hall–Kier alpha value is -1.35. The van der Waals surface area contributed by atoms with Crippen molar-refractivity contribution in [1.82, 2.24) is 5.32 Å². The predicted octanol–water partition coefficient (Wildman–Crippen LogP) is 3.04. The lowest BCUT2D eigenvalue weighted by Gasteiger charge is -2.34. The van der Waals surface area contributed by atoms with E-state index in [9.17, 15) is 4.79 Å². The van der Waals surface area contributed by atoms with Gasteiger partial charge in [-0.2, -0.15) is 0 Å². The van der Waals surface area contributed by atoms with Crippen molar-refractivity contribution < 1.29 is 4.79 Å². The first-order valence-corrected chi connectivity index (χ1v) is 7.25. The Bertz CT molecular complexity index is 404. The summed E-state index contributed by atoms with van der Waals surface area (Å²) in [6.07, 6.45) is 3.77. The molecule has 0 radical (unpaired) electrons. The van der Waals surface area contributed by atoms with Crippen molar-refractivity contribution in [2.75, 3.05) is 11.9 Å². The number of anilines is 1. The second kappa shape index (κ2) is 6.71. The lowest BCUT2D eigenvalue weighted by Crippen LogP contribution is -2.43. The number of rotatable bonds is 4. The van der Waals surface area contributed by atoms with Crippen molar-refractivity contribution in [1.29, 1.82) is 0 Å². The molecule has 2 N–H and O–H groups in total. The summed E-state index contributed by atoms with van der Waals surface area (Å²) >= 11 is 0. The van der Waals surface area contributed by atoms with Crippen LogP contribution in [0.5, 0.6) is 0 Å². The largest absolute Gasteiger partial charge is 0.325 e. The van der Waals surface area contributed by atoms with E-state index in [4.69, 9.17) is 0 Å². The van der Waals surface area contributed by atoms with Crippen LogP contribution in [-0.2, 0) is 4.79 Å². The number of carbonyl (C=O) groups is 1. The molecule has 3 nitrogen and oxygen atoms in total. The van der Waals surface area contributed by atoms with Gasteiger partial charge in [-0.05, 0) is 30.4 Å². The van der Waals surface area contributed by atoms with Gasteiger partial charge < -0.3 is 10.6 Å². The summed E-state index contributed by atoms with van der Waals surface area (Å²) < 4.78 is 0. The van der Waals surface area contributed by atoms with Crippen LogP contribution in [0.15, 0.2) is 30.3 Å². The Kier molecular flexibility index (Phi) is 4.97. The van der Waals surface area contributed by atoms with Crippen LogP contribution in [0.3, 0.4) is 0 Å². The number of benzene rings is 1. The molecule has 19 heavy (non-hydrogen) atoms. The number of amides is 1. The molecule has 0 heterocycles. The molecule has 0 spiro atoms. The average Bonchev–Trinajstić information content (AvgIpc) is 2.42. The maximum Gasteiger partial charge on any atom is 0.238 e. The lowest BCUT2D eigenvalue weighted by molar-refractivity contribution is -0.115. The predicted molar refractivity (Wildman–Crippen MR) is 79.0 cm³/mol. The second-order valence-electron chi connectivity index (χ2n) is 5.67. The quantitative estimate of drug-likeness (QED) is 0.873. The molecule has 104 valence electrons. The highest BCUT2D eigenvalue weighted by atomic mass is 16.1. The standard InChI is InChI=1S/C16H24N2O/c1-12-7-6-10-15(13(12)2)17-11-16(19)18-14-8-4-3-5-9-14/h3-5,8-9,12-13,15,17H,6-7,10-11H2,1-2H3,(H,18,19). The Morgan fingerprint density at radius 3 is 2.68 bits per heavy atom. The molecule has 3 heteroatoms. The molecule has 0 aromatic heterocycles. The molecule has 1 aliphatic rings. The average molecular weight is 260 g/mol. The number of hydrogen-bond acceptors (Lipinski definition) is 2. The van der Waals surface area contributed by atoms with E-state index in [1.807, 2.05) is 30.3 Å². The van der Waals surface area contributed by atoms with Gasteiger partial charge in [-0.15, -0.1) is 0 Å². The molecule has 3 atom stereocenters. The van der Waals surface area contributed by atoms with Crippen LogP contribution >= 0.6 is 0 Å². The molecular weight excluding hydrogens is 236 g/mol. The monoisotopic (exact) mass is 260 g/mol. The van der Waals surface area contributed by atoms with E-state index in [0.717, 1.165) is 11.6 Å². The molecule has 0 saturated heterocycles. The van der Waals surface area contributed by atoms with Crippen LogP contribution in [0.1, 0.15) is 33.1 Å². The van der Waals surface area contributed by atoms with E-state index in [-0.39, 0.29) is 5.91 Å². The van der Waals surface area contributed by atoms with Gasteiger partial charge in [0.1, 0.15) is 0 Å². The zero-order valence-electron chi connectivity index (χ0n) is 11.9. The molecule has 1 aliphatic carbocycles. The fourth-order valence-electron chi connectivity index (χ4n) is 2.82. The summed E-state index contributed by atoms with van der Waals surface area (Å²) in [7, 11) is 0. The Morgan fingerprint density at radius 1 is 1.21 bits per heavy atom. The van der Waals surface area contributed by atoms with Gasteiger partial charge in [0.05, 0.1) is 6.54 Å². The van der Waals surface area contributed by atoms with E-state index in [1.165, 1.54) is 19.3 Å². The normalized spacial score (nSPS) is 26.9. The first-order valence-electron chi connectivity index (χ1n) is 7.25. The van der Waals surface area contributed by atoms with E-state index < -0.39 is 0 Å². The summed E-state index contributed by atoms with van der Waals surface area (Å²) in [6.45, 7) is 5.00. The molecule has 0 bridgehead atoms. The van der Waals surface area contributed by atoms with Crippen LogP contribution in [0.2, 0.25) is 0 Å². The van der Waals surface area contributed by atoms with E-state index in [2.05, 4.69) is 24.5 Å². The third-order valence-electron chi connectivity index (χ3n) is 4.29. The molecule has 0 aliphatic heterocycles. The number of nitrogens with one attached hydrogen (secondary N) is 2. The van der Waals surface area contributed by atoms with Gasteiger partial charge in [0.15, 0.2) is 0 Å². The zero-order chi connectivity index (χ0) is 13.7. The first kappa shape index (κ1) is 14.1. The summed E-state index contributed by atoms with van der Waals surface area (Å²) in [6, 6.07) is 10.1. The van der Waals surface area contributed by atoms with Gasteiger partial charge in [-0.25, -0.2) is 0 Å². The van der Waals surface area contributed by atoms with Crippen LogP contribution < -0.4 is 10.6 Å². The molecule has 1 aromatic rings. The minimum Gasteiger partial charge on any atom is -0.325 e. The topological polar surface area (TPSA) is 41.1 Å².